The van der Waals surface area contributed by atoms with E-state index in [2.05, 4.69) is 10.3 Å². The smallest absolute Gasteiger partial charge is 0.308 e. The van der Waals surface area contributed by atoms with E-state index in [0.29, 0.717) is 6.07 Å². The molecular formula is C16H8F3N3O3S. The van der Waals surface area contributed by atoms with Gasteiger partial charge in [-0.3, -0.25) is 14.9 Å². The van der Waals surface area contributed by atoms with E-state index in [1.54, 1.807) is 23.7 Å². The lowest BCUT2D eigenvalue weighted by Crippen LogP contribution is -2.16. The maximum absolute atomic E-state index is 13.8. The zero-order valence-corrected chi connectivity index (χ0v) is 13.5. The molecule has 0 aliphatic carbocycles. The van der Waals surface area contributed by atoms with Crippen molar-refractivity contribution in [2.24, 2.45) is 0 Å². The first-order chi connectivity index (χ1) is 12.4. The van der Waals surface area contributed by atoms with Crippen LogP contribution in [0.1, 0.15) is 10.4 Å². The molecule has 3 aromatic rings. The number of amides is 1. The van der Waals surface area contributed by atoms with Gasteiger partial charge in [-0.2, -0.15) is 4.39 Å². The van der Waals surface area contributed by atoms with Gasteiger partial charge in [0.15, 0.2) is 5.82 Å². The average molecular weight is 379 g/mol. The Morgan fingerprint density at radius 2 is 1.81 bits per heavy atom. The molecule has 0 radical (unpaired) electrons. The number of thiazole rings is 1. The molecule has 0 unspecified atom stereocenters. The van der Waals surface area contributed by atoms with Gasteiger partial charge in [0.2, 0.25) is 11.6 Å². The van der Waals surface area contributed by atoms with E-state index in [1.165, 1.54) is 23.5 Å². The first-order valence-electron chi connectivity index (χ1n) is 7.01. The molecular weight excluding hydrogens is 371 g/mol. The van der Waals surface area contributed by atoms with E-state index in [0.717, 1.165) is 10.6 Å². The zero-order valence-electron chi connectivity index (χ0n) is 12.7. The molecule has 26 heavy (non-hydrogen) atoms. The lowest BCUT2D eigenvalue weighted by atomic mass is 10.1. The summed E-state index contributed by atoms with van der Waals surface area (Å²) < 4.78 is 40.7. The van der Waals surface area contributed by atoms with Crippen molar-refractivity contribution in [3.63, 3.8) is 0 Å². The number of rotatable bonds is 4. The molecule has 1 amide bonds. The van der Waals surface area contributed by atoms with Crippen molar-refractivity contribution < 1.29 is 22.9 Å². The Balaban J connectivity index is 1.87. The second-order valence-corrected chi connectivity index (χ2v) is 5.91. The van der Waals surface area contributed by atoms with E-state index in [4.69, 9.17) is 0 Å². The van der Waals surface area contributed by atoms with Gasteiger partial charge < -0.3 is 5.32 Å². The standard InChI is InChI=1S/C16H8F3N3O3S/c17-12-10(7-11(22(24)25)13(18)14(12)19)15(23)21-9-3-1-8(2-4-9)16-20-5-6-26-16/h1-7H,(H,21,23). The molecule has 0 fully saturated rings. The Bertz CT molecular complexity index is 992. The van der Waals surface area contributed by atoms with Gasteiger partial charge in [-0.15, -0.1) is 11.3 Å². The van der Waals surface area contributed by atoms with Crippen LogP contribution in [0.4, 0.5) is 24.5 Å². The van der Waals surface area contributed by atoms with Crippen LogP contribution in [-0.4, -0.2) is 15.8 Å². The van der Waals surface area contributed by atoms with Crippen LogP contribution >= 0.6 is 11.3 Å². The Hall–Kier alpha value is -3.27. The normalized spacial score (nSPS) is 10.6. The third-order valence-corrected chi connectivity index (χ3v) is 4.21. The van der Waals surface area contributed by atoms with E-state index in [1.807, 2.05) is 0 Å². The number of nitrogens with one attached hydrogen (secondary N) is 1. The molecule has 1 N–H and O–H groups in total. The minimum atomic E-state index is -2.08. The maximum atomic E-state index is 13.8. The summed E-state index contributed by atoms with van der Waals surface area (Å²) in [5, 5.41) is 15.5. The van der Waals surface area contributed by atoms with Gasteiger partial charge in [0, 0.05) is 28.9 Å². The number of nitro benzene ring substituents is 1. The quantitative estimate of drug-likeness (QED) is 0.414. The molecule has 0 aliphatic heterocycles. The summed E-state index contributed by atoms with van der Waals surface area (Å²) >= 11 is 1.41. The third-order valence-electron chi connectivity index (χ3n) is 3.39. The number of carbonyl (C=O) groups is 1. The molecule has 0 bridgehead atoms. The fraction of sp³-hybridized carbons (Fsp3) is 0. The summed E-state index contributed by atoms with van der Waals surface area (Å²) in [4.78, 5) is 25.7. The molecule has 0 spiro atoms. The number of aromatic nitrogens is 1. The fourth-order valence-corrected chi connectivity index (χ4v) is 2.79. The topological polar surface area (TPSA) is 85.1 Å². The van der Waals surface area contributed by atoms with Crippen LogP contribution < -0.4 is 5.32 Å². The molecule has 0 aliphatic rings. The Morgan fingerprint density at radius 3 is 2.38 bits per heavy atom. The second-order valence-electron chi connectivity index (χ2n) is 5.01. The average Bonchev–Trinajstić information content (AvgIpc) is 3.14. The van der Waals surface area contributed by atoms with Crippen LogP contribution in [0.25, 0.3) is 10.6 Å². The van der Waals surface area contributed by atoms with E-state index in [-0.39, 0.29) is 5.69 Å². The fourth-order valence-electron chi connectivity index (χ4n) is 2.15. The first kappa shape index (κ1) is 17.5. The van der Waals surface area contributed by atoms with Crippen molar-refractivity contribution in [1.82, 2.24) is 4.98 Å². The van der Waals surface area contributed by atoms with Crippen LogP contribution in [0, 0.1) is 27.6 Å². The number of benzene rings is 2. The predicted molar refractivity (Wildman–Crippen MR) is 88.5 cm³/mol. The molecule has 3 rings (SSSR count). The summed E-state index contributed by atoms with van der Waals surface area (Å²) in [6, 6.07) is 6.66. The van der Waals surface area contributed by atoms with Crippen molar-refractivity contribution in [3.05, 3.63) is 75.0 Å². The van der Waals surface area contributed by atoms with Crippen molar-refractivity contribution in [1.29, 1.82) is 0 Å². The summed E-state index contributed by atoms with van der Waals surface area (Å²) in [5.41, 5.74) is -1.28. The van der Waals surface area contributed by atoms with E-state index in [9.17, 15) is 28.1 Å². The van der Waals surface area contributed by atoms with Crippen LogP contribution in [0.3, 0.4) is 0 Å². The Kier molecular flexibility index (Phi) is 4.67. The number of carbonyl (C=O) groups excluding carboxylic acids is 1. The maximum Gasteiger partial charge on any atom is 0.308 e. The van der Waals surface area contributed by atoms with Crippen molar-refractivity contribution in [3.8, 4) is 10.6 Å². The van der Waals surface area contributed by atoms with Crippen LogP contribution in [0.2, 0.25) is 0 Å². The number of anilines is 1. The number of nitrogens with zero attached hydrogens (tertiary/aromatic N) is 2. The van der Waals surface area contributed by atoms with Gasteiger partial charge in [0.25, 0.3) is 5.91 Å². The highest BCUT2D eigenvalue weighted by Gasteiger charge is 2.28. The van der Waals surface area contributed by atoms with E-state index < -0.39 is 39.5 Å². The molecule has 0 saturated carbocycles. The first-order valence-corrected chi connectivity index (χ1v) is 7.89. The summed E-state index contributed by atoms with van der Waals surface area (Å²) in [5.74, 6) is -6.99. The number of halogens is 3. The molecule has 1 aromatic heterocycles. The molecule has 1 heterocycles. The SMILES string of the molecule is O=C(Nc1ccc(-c2nccs2)cc1)c1cc([N+](=O)[O-])c(F)c(F)c1F. The summed E-state index contributed by atoms with van der Waals surface area (Å²) in [7, 11) is 0. The predicted octanol–water partition coefficient (Wildman–Crippen LogP) is 4.39. The van der Waals surface area contributed by atoms with Gasteiger partial charge in [-0.25, -0.2) is 13.8 Å². The van der Waals surface area contributed by atoms with Gasteiger partial charge in [0.1, 0.15) is 5.01 Å². The van der Waals surface area contributed by atoms with Gasteiger partial charge in [0.05, 0.1) is 10.5 Å². The minimum absolute atomic E-state index is 0.238. The lowest BCUT2D eigenvalue weighted by Gasteiger charge is -2.08. The third kappa shape index (κ3) is 3.26. The van der Waals surface area contributed by atoms with Crippen molar-refractivity contribution >= 4 is 28.6 Å². The van der Waals surface area contributed by atoms with Gasteiger partial charge >= 0.3 is 5.69 Å². The number of nitro groups is 1. The highest BCUT2D eigenvalue weighted by Crippen LogP contribution is 2.27. The molecule has 6 nitrogen and oxygen atoms in total. The van der Waals surface area contributed by atoms with Gasteiger partial charge in [-0.1, -0.05) is 0 Å². The van der Waals surface area contributed by atoms with Crippen molar-refractivity contribution in [2.45, 2.75) is 0 Å². The lowest BCUT2D eigenvalue weighted by molar-refractivity contribution is -0.387. The number of hydrogen-bond donors (Lipinski definition) is 1. The largest absolute Gasteiger partial charge is 0.322 e. The van der Waals surface area contributed by atoms with Crippen LogP contribution in [0.5, 0.6) is 0 Å². The monoisotopic (exact) mass is 379 g/mol. The van der Waals surface area contributed by atoms with Crippen LogP contribution in [0.15, 0.2) is 41.9 Å². The second kappa shape index (κ2) is 6.92. The molecule has 10 heteroatoms. The summed E-state index contributed by atoms with van der Waals surface area (Å²) in [6.07, 6.45) is 1.63. The Labute approximate surface area is 148 Å². The van der Waals surface area contributed by atoms with E-state index >= 15 is 0 Å². The van der Waals surface area contributed by atoms with Crippen molar-refractivity contribution in [2.75, 3.05) is 5.32 Å². The molecule has 2 aromatic carbocycles. The minimum Gasteiger partial charge on any atom is -0.322 e. The summed E-state index contributed by atoms with van der Waals surface area (Å²) in [6.45, 7) is 0. The van der Waals surface area contributed by atoms with Crippen LogP contribution in [-0.2, 0) is 0 Å². The van der Waals surface area contributed by atoms with Gasteiger partial charge in [-0.05, 0) is 24.3 Å². The zero-order chi connectivity index (χ0) is 18.8. The number of hydrogen-bond acceptors (Lipinski definition) is 5. The Morgan fingerprint density at radius 1 is 1.12 bits per heavy atom. The highest BCUT2D eigenvalue weighted by atomic mass is 32.1. The molecule has 132 valence electrons. The molecule has 0 atom stereocenters. The highest BCUT2D eigenvalue weighted by molar-refractivity contribution is 7.13. The molecule has 0 saturated heterocycles.